The maximum atomic E-state index is 12.8. The number of rotatable bonds is 7. The van der Waals surface area contributed by atoms with Crippen LogP contribution in [0.25, 0.3) is 10.9 Å². The zero-order chi connectivity index (χ0) is 20.3. The summed E-state index contributed by atoms with van der Waals surface area (Å²) in [6, 6.07) is 9.09. The zero-order valence-electron chi connectivity index (χ0n) is 16.1. The van der Waals surface area contributed by atoms with Gasteiger partial charge in [-0.2, -0.15) is 5.10 Å². The molecule has 0 spiro atoms. The summed E-state index contributed by atoms with van der Waals surface area (Å²) in [6.07, 6.45) is 3.30. The molecule has 146 valence electrons. The van der Waals surface area contributed by atoms with Crippen LogP contribution >= 0.6 is 11.8 Å². The Morgan fingerprint density at radius 3 is 2.75 bits per heavy atom. The highest BCUT2D eigenvalue weighted by atomic mass is 32.2. The third-order valence-electron chi connectivity index (χ3n) is 4.20. The minimum Gasteiger partial charge on any atom is -0.310 e. The van der Waals surface area contributed by atoms with E-state index in [1.165, 1.54) is 11.8 Å². The summed E-state index contributed by atoms with van der Waals surface area (Å²) in [5, 5.41) is 7.70. The van der Waals surface area contributed by atoms with Crippen molar-refractivity contribution in [2.45, 2.75) is 43.8 Å². The summed E-state index contributed by atoms with van der Waals surface area (Å²) < 4.78 is 3.29. The Morgan fingerprint density at radius 1 is 1.29 bits per heavy atom. The molecule has 0 fully saturated rings. The minimum absolute atomic E-state index is 0.133. The van der Waals surface area contributed by atoms with Crippen LogP contribution < -0.4 is 10.9 Å². The lowest BCUT2D eigenvalue weighted by molar-refractivity contribution is -0.115. The van der Waals surface area contributed by atoms with Crippen molar-refractivity contribution in [2.75, 3.05) is 5.32 Å². The van der Waals surface area contributed by atoms with Gasteiger partial charge >= 0.3 is 0 Å². The third kappa shape index (κ3) is 4.01. The summed E-state index contributed by atoms with van der Waals surface area (Å²) >= 11 is 1.25. The SMILES string of the molecule is C=CCn1c(SC(C)C(=O)Nc2ccnn2C(C)C)nc2ccccc2c1=O. The summed E-state index contributed by atoms with van der Waals surface area (Å²) in [5.41, 5.74) is 0.472. The molecule has 1 unspecified atom stereocenters. The molecule has 3 aromatic rings. The van der Waals surface area contributed by atoms with E-state index in [2.05, 4.69) is 22.0 Å². The number of fused-ring (bicyclic) bond motifs is 1. The molecule has 0 aliphatic carbocycles. The smallest absolute Gasteiger partial charge is 0.262 e. The van der Waals surface area contributed by atoms with Crippen LogP contribution in [0.15, 0.2) is 59.1 Å². The Morgan fingerprint density at radius 2 is 2.04 bits per heavy atom. The molecule has 0 aliphatic rings. The lowest BCUT2D eigenvalue weighted by Crippen LogP contribution is -2.27. The maximum Gasteiger partial charge on any atom is 0.262 e. The third-order valence-corrected chi connectivity index (χ3v) is 5.29. The lowest BCUT2D eigenvalue weighted by atomic mass is 10.2. The first kappa shape index (κ1) is 19.9. The molecule has 28 heavy (non-hydrogen) atoms. The largest absolute Gasteiger partial charge is 0.310 e. The first-order chi connectivity index (χ1) is 13.4. The van der Waals surface area contributed by atoms with Gasteiger partial charge in [0.1, 0.15) is 5.82 Å². The Kier molecular flexibility index (Phi) is 5.99. The highest BCUT2D eigenvalue weighted by Crippen LogP contribution is 2.24. The second-order valence-corrected chi connectivity index (χ2v) is 7.93. The predicted molar refractivity (Wildman–Crippen MR) is 113 cm³/mol. The molecular formula is C20H23N5O2S. The van der Waals surface area contributed by atoms with Crippen LogP contribution in [0.4, 0.5) is 5.82 Å². The Labute approximate surface area is 167 Å². The van der Waals surface area contributed by atoms with Crippen molar-refractivity contribution in [1.82, 2.24) is 19.3 Å². The van der Waals surface area contributed by atoms with Crippen molar-refractivity contribution >= 4 is 34.4 Å². The molecule has 0 saturated heterocycles. The summed E-state index contributed by atoms with van der Waals surface area (Å²) in [7, 11) is 0. The van der Waals surface area contributed by atoms with Gasteiger partial charge in [-0.25, -0.2) is 9.67 Å². The molecule has 1 N–H and O–H groups in total. The van der Waals surface area contributed by atoms with E-state index in [4.69, 9.17) is 0 Å². The fourth-order valence-electron chi connectivity index (χ4n) is 2.79. The van der Waals surface area contributed by atoms with Gasteiger partial charge in [-0.3, -0.25) is 14.2 Å². The fourth-order valence-corrected chi connectivity index (χ4v) is 3.71. The number of aromatic nitrogens is 4. The summed E-state index contributed by atoms with van der Waals surface area (Å²) in [4.78, 5) is 30.1. The van der Waals surface area contributed by atoms with Crippen LogP contribution in [0.1, 0.15) is 26.8 Å². The van der Waals surface area contributed by atoms with Crippen LogP contribution in [0.3, 0.4) is 0 Å². The molecule has 0 radical (unpaired) electrons. The van der Waals surface area contributed by atoms with Gasteiger partial charge in [0.2, 0.25) is 5.91 Å². The van der Waals surface area contributed by atoms with Crippen molar-refractivity contribution in [3.8, 4) is 0 Å². The average Bonchev–Trinajstić information content (AvgIpc) is 3.13. The molecule has 0 aliphatic heterocycles. The maximum absolute atomic E-state index is 12.8. The minimum atomic E-state index is -0.459. The van der Waals surface area contributed by atoms with E-state index in [1.807, 2.05) is 26.0 Å². The molecular weight excluding hydrogens is 374 g/mol. The molecule has 1 atom stereocenters. The molecule has 0 bridgehead atoms. The van der Waals surface area contributed by atoms with Gasteiger partial charge in [0.05, 0.1) is 22.3 Å². The number of amides is 1. The van der Waals surface area contributed by atoms with Crippen LogP contribution in [0, 0.1) is 0 Å². The predicted octanol–water partition coefficient (Wildman–Crippen LogP) is 3.48. The van der Waals surface area contributed by atoms with Crippen molar-refractivity contribution in [3.05, 3.63) is 59.5 Å². The molecule has 2 heterocycles. The van der Waals surface area contributed by atoms with Crippen molar-refractivity contribution in [3.63, 3.8) is 0 Å². The number of carbonyl (C=O) groups is 1. The topological polar surface area (TPSA) is 81.8 Å². The van der Waals surface area contributed by atoms with Gasteiger partial charge in [0.15, 0.2) is 5.16 Å². The summed E-state index contributed by atoms with van der Waals surface area (Å²) in [5.74, 6) is 0.461. The second-order valence-electron chi connectivity index (χ2n) is 6.62. The van der Waals surface area contributed by atoms with Crippen LogP contribution in [0.2, 0.25) is 0 Å². The highest BCUT2D eigenvalue weighted by Gasteiger charge is 2.20. The average molecular weight is 398 g/mol. The van der Waals surface area contributed by atoms with Gasteiger partial charge in [-0.1, -0.05) is 30.0 Å². The lowest BCUT2D eigenvalue weighted by Gasteiger charge is -2.16. The Balaban J connectivity index is 1.87. The first-order valence-electron chi connectivity index (χ1n) is 9.04. The number of benzene rings is 1. The number of anilines is 1. The number of hydrogen-bond donors (Lipinski definition) is 1. The van der Waals surface area contributed by atoms with Gasteiger partial charge in [0, 0.05) is 18.7 Å². The standard InChI is InChI=1S/C20H23N5O2S/c1-5-12-24-19(27)15-8-6-7-9-16(15)22-20(24)28-14(4)18(26)23-17-10-11-21-25(17)13(2)3/h5-11,13-14H,1,12H2,2-4H3,(H,23,26). The molecule has 7 nitrogen and oxygen atoms in total. The number of thioether (sulfide) groups is 1. The van der Waals surface area contributed by atoms with Crippen LogP contribution in [-0.2, 0) is 11.3 Å². The van der Waals surface area contributed by atoms with Gasteiger partial charge in [-0.15, -0.1) is 6.58 Å². The van der Waals surface area contributed by atoms with E-state index < -0.39 is 5.25 Å². The molecule has 3 rings (SSSR count). The van der Waals surface area contributed by atoms with Crippen LogP contribution in [0.5, 0.6) is 0 Å². The highest BCUT2D eigenvalue weighted by molar-refractivity contribution is 8.00. The number of nitrogens with zero attached hydrogens (tertiary/aromatic N) is 4. The molecule has 1 amide bonds. The van der Waals surface area contributed by atoms with E-state index in [0.717, 1.165) is 0 Å². The van der Waals surface area contributed by atoms with Crippen molar-refractivity contribution in [2.24, 2.45) is 0 Å². The van der Waals surface area contributed by atoms with Crippen molar-refractivity contribution in [1.29, 1.82) is 0 Å². The van der Waals surface area contributed by atoms with E-state index in [1.54, 1.807) is 46.6 Å². The monoisotopic (exact) mass is 397 g/mol. The Bertz CT molecular complexity index is 1070. The van der Waals surface area contributed by atoms with E-state index in [0.29, 0.717) is 28.4 Å². The Hall–Kier alpha value is -2.87. The summed E-state index contributed by atoms with van der Waals surface area (Å²) in [6.45, 7) is 9.82. The number of nitrogens with one attached hydrogen (secondary N) is 1. The number of allylic oxidation sites excluding steroid dienone is 1. The molecule has 1 aromatic carbocycles. The van der Waals surface area contributed by atoms with Gasteiger partial charge < -0.3 is 5.32 Å². The van der Waals surface area contributed by atoms with E-state index in [9.17, 15) is 9.59 Å². The molecule has 2 aromatic heterocycles. The van der Waals surface area contributed by atoms with Crippen LogP contribution in [-0.4, -0.2) is 30.5 Å². The normalized spacial score (nSPS) is 12.3. The zero-order valence-corrected chi connectivity index (χ0v) is 16.9. The molecule has 0 saturated carbocycles. The number of carbonyl (C=O) groups excluding carboxylic acids is 1. The number of para-hydroxylation sites is 1. The fraction of sp³-hybridized carbons (Fsp3) is 0.300. The second kappa shape index (κ2) is 8.43. The number of hydrogen-bond acceptors (Lipinski definition) is 5. The van der Waals surface area contributed by atoms with E-state index in [-0.39, 0.29) is 17.5 Å². The molecule has 8 heteroatoms. The van der Waals surface area contributed by atoms with Crippen molar-refractivity contribution < 1.29 is 4.79 Å². The van der Waals surface area contributed by atoms with Gasteiger partial charge in [0.25, 0.3) is 5.56 Å². The van der Waals surface area contributed by atoms with E-state index >= 15 is 0 Å². The quantitative estimate of drug-likeness (QED) is 0.375. The van der Waals surface area contributed by atoms with Gasteiger partial charge in [-0.05, 0) is 32.9 Å². The first-order valence-corrected chi connectivity index (χ1v) is 9.91.